The molecule has 0 aliphatic heterocycles. The molecule has 1 atom stereocenters. The number of aliphatic hydroxyl groups excluding tert-OH is 1. The smallest absolute Gasteiger partial charge is 0.177 e. The van der Waals surface area contributed by atoms with E-state index in [4.69, 9.17) is 11.5 Å². The lowest BCUT2D eigenvalue weighted by molar-refractivity contribution is -0.116. The van der Waals surface area contributed by atoms with Crippen molar-refractivity contribution < 1.29 is 9.90 Å². The zero-order valence-corrected chi connectivity index (χ0v) is 20.0. The lowest BCUT2D eigenvalue weighted by atomic mass is 9.81. The van der Waals surface area contributed by atoms with Crippen molar-refractivity contribution >= 4 is 40.5 Å². The van der Waals surface area contributed by atoms with Crippen molar-refractivity contribution in [3.05, 3.63) is 59.2 Å². The SMILES string of the molecule is CCC(C)(C)C.CSc1cc(N)ccc1N=C(N)C1=C(O)c2ccccc2C(C)C1=O. The predicted octanol–water partition coefficient (Wildman–Crippen LogP) is 6.08. The molecule has 0 saturated heterocycles. The molecule has 0 amide bonds. The number of nitrogen functional groups attached to an aromatic ring is 1. The number of fused-ring (bicyclic) bond motifs is 1. The molecule has 1 unspecified atom stereocenters. The average molecular weight is 440 g/mol. The highest BCUT2D eigenvalue weighted by atomic mass is 32.2. The van der Waals surface area contributed by atoms with E-state index in [2.05, 4.69) is 32.7 Å². The van der Waals surface area contributed by atoms with Gasteiger partial charge in [-0.1, -0.05) is 65.3 Å². The number of nitrogens with two attached hydrogens (primary N) is 2. The molecule has 5 N–H and O–H groups in total. The second kappa shape index (κ2) is 10.1. The molecule has 0 fully saturated rings. The van der Waals surface area contributed by atoms with Crippen LogP contribution >= 0.6 is 11.8 Å². The maximum absolute atomic E-state index is 12.7. The van der Waals surface area contributed by atoms with E-state index >= 15 is 0 Å². The van der Waals surface area contributed by atoms with Crippen LogP contribution in [0.1, 0.15) is 58.1 Å². The largest absolute Gasteiger partial charge is 0.506 e. The van der Waals surface area contributed by atoms with Gasteiger partial charge in [-0.05, 0) is 35.4 Å². The van der Waals surface area contributed by atoms with E-state index in [9.17, 15) is 9.90 Å². The van der Waals surface area contributed by atoms with Crippen LogP contribution in [0.2, 0.25) is 0 Å². The second-order valence-corrected chi connectivity index (χ2v) is 9.59. The van der Waals surface area contributed by atoms with Crippen LogP contribution in [0.15, 0.2) is 57.9 Å². The van der Waals surface area contributed by atoms with E-state index in [0.717, 1.165) is 10.5 Å². The molecule has 31 heavy (non-hydrogen) atoms. The van der Waals surface area contributed by atoms with E-state index in [-0.39, 0.29) is 28.9 Å². The number of ketones is 1. The molecular weight excluding hydrogens is 406 g/mol. The van der Waals surface area contributed by atoms with E-state index in [1.165, 1.54) is 18.2 Å². The number of aliphatic hydroxyl groups is 1. The van der Waals surface area contributed by atoms with Crippen molar-refractivity contribution in [3.8, 4) is 0 Å². The van der Waals surface area contributed by atoms with Gasteiger partial charge in [-0.15, -0.1) is 11.8 Å². The fourth-order valence-corrected chi connectivity index (χ4v) is 3.50. The summed E-state index contributed by atoms with van der Waals surface area (Å²) < 4.78 is 0. The van der Waals surface area contributed by atoms with Gasteiger partial charge in [0.05, 0.1) is 5.69 Å². The minimum Gasteiger partial charge on any atom is -0.506 e. The van der Waals surface area contributed by atoms with Gasteiger partial charge in [0.25, 0.3) is 0 Å². The Morgan fingerprint density at radius 1 is 1.19 bits per heavy atom. The predicted molar refractivity (Wildman–Crippen MR) is 133 cm³/mol. The van der Waals surface area contributed by atoms with E-state index in [0.29, 0.717) is 22.4 Å². The molecule has 6 heteroatoms. The van der Waals surface area contributed by atoms with E-state index in [1.54, 1.807) is 31.2 Å². The maximum Gasteiger partial charge on any atom is 0.177 e. The third-order valence-electron chi connectivity index (χ3n) is 5.32. The van der Waals surface area contributed by atoms with Crippen molar-refractivity contribution in [1.82, 2.24) is 0 Å². The van der Waals surface area contributed by atoms with Gasteiger partial charge in [0, 0.05) is 22.1 Å². The number of aliphatic imine (C=N–C) groups is 1. The van der Waals surface area contributed by atoms with Crippen LogP contribution in [0.3, 0.4) is 0 Å². The quantitative estimate of drug-likeness (QED) is 0.233. The third-order valence-corrected chi connectivity index (χ3v) is 6.09. The van der Waals surface area contributed by atoms with Gasteiger partial charge in [0.1, 0.15) is 17.2 Å². The first-order valence-electron chi connectivity index (χ1n) is 10.3. The number of thioether (sulfide) groups is 1. The number of amidine groups is 1. The third kappa shape index (κ3) is 5.91. The van der Waals surface area contributed by atoms with Crippen LogP contribution in [0.4, 0.5) is 11.4 Å². The Morgan fingerprint density at radius 2 is 1.81 bits per heavy atom. The first-order valence-corrected chi connectivity index (χ1v) is 11.6. The normalized spacial score (nSPS) is 16.5. The molecule has 2 aromatic carbocycles. The number of carbonyl (C=O) groups is 1. The van der Waals surface area contributed by atoms with Gasteiger partial charge >= 0.3 is 0 Å². The summed E-state index contributed by atoms with van der Waals surface area (Å²) in [7, 11) is 0. The summed E-state index contributed by atoms with van der Waals surface area (Å²) in [5.41, 5.74) is 15.2. The number of carbonyl (C=O) groups excluding carboxylic acids is 1. The highest BCUT2D eigenvalue weighted by molar-refractivity contribution is 7.98. The van der Waals surface area contributed by atoms with E-state index in [1.807, 2.05) is 24.5 Å². The van der Waals surface area contributed by atoms with Crippen molar-refractivity contribution in [2.45, 2.75) is 51.9 Å². The summed E-state index contributed by atoms with van der Waals surface area (Å²) >= 11 is 1.48. The molecule has 1 aliphatic carbocycles. The Bertz CT molecular complexity index is 1020. The van der Waals surface area contributed by atoms with Crippen LogP contribution in [0.5, 0.6) is 0 Å². The Kier molecular flexibility index (Phi) is 7.96. The van der Waals surface area contributed by atoms with Gasteiger partial charge in [-0.25, -0.2) is 4.99 Å². The number of Topliss-reactive ketones (excluding diaryl/α,β-unsaturated/α-hetero) is 1. The Hall–Kier alpha value is -2.73. The molecule has 0 radical (unpaired) electrons. The number of benzene rings is 2. The number of hydrogen-bond donors (Lipinski definition) is 3. The molecule has 166 valence electrons. The summed E-state index contributed by atoms with van der Waals surface area (Å²) in [6.45, 7) is 10.7. The molecule has 0 aromatic heterocycles. The van der Waals surface area contributed by atoms with Crippen LogP contribution in [0, 0.1) is 5.41 Å². The van der Waals surface area contributed by atoms with Crippen LogP contribution in [-0.4, -0.2) is 23.0 Å². The highest BCUT2D eigenvalue weighted by Crippen LogP contribution is 2.36. The molecule has 0 heterocycles. The zero-order valence-electron chi connectivity index (χ0n) is 19.2. The summed E-state index contributed by atoms with van der Waals surface area (Å²) in [5, 5.41) is 10.6. The number of rotatable bonds is 3. The van der Waals surface area contributed by atoms with Crippen LogP contribution in [0.25, 0.3) is 5.76 Å². The number of nitrogens with zero attached hydrogens (tertiary/aromatic N) is 1. The van der Waals surface area contributed by atoms with E-state index < -0.39 is 0 Å². The summed E-state index contributed by atoms with van der Waals surface area (Å²) in [4.78, 5) is 18.0. The highest BCUT2D eigenvalue weighted by Gasteiger charge is 2.33. The fraction of sp³-hybridized carbons (Fsp3) is 0.360. The molecule has 2 aromatic rings. The minimum absolute atomic E-state index is 0.00363. The fourth-order valence-electron chi connectivity index (χ4n) is 2.92. The van der Waals surface area contributed by atoms with Crippen molar-refractivity contribution in [1.29, 1.82) is 0 Å². The average Bonchev–Trinajstić information content (AvgIpc) is 2.73. The van der Waals surface area contributed by atoms with Gasteiger partial charge < -0.3 is 16.6 Å². The molecule has 3 rings (SSSR count). The summed E-state index contributed by atoms with van der Waals surface area (Å²) in [6.07, 6.45) is 3.18. The van der Waals surface area contributed by atoms with Gasteiger partial charge in [-0.3, -0.25) is 4.79 Å². The summed E-state index contributed by atoms with van der Waals surface area (Å²) in [5.74, 6) is -0.745. The van der Waals surface area contributed by atoms with Crippen LogP contribution < -0.4 is 11.5 Å². The number of hydrogen-bond acceptors (Lipinski definition) is 5. The molecule has 5 nitrogen and oxygen atoms in total. The lowest BCUT2D eigenvalue weighted by Gasteiger charge is -2.23. The van der Waals surface area contributed by atoms with Crippen molar-refractivity contribution in [3.63, 3.8) is 0 Å². The molecule has 1 aliphatic rings. The first kappa shape index (κ1) is 24.5. The Balaban J connectivity index is 0.000000501. The second-order valence-electron chi connectivity index (χ2n) is 8.74. The Labute approximate surface area is 189 Å². The summed E-state index contributed by atoms with van der Waals surface area (Å²) in [6, 6.07) is 12.5. The molecule has 0 bridgehead atoms. The van der Waals surface area contributed by atoms with Crippen molar-refractivity contribution in [2.75, 3.05) is 12.0 Å². The molecule has 0 spiro atoms. The van der Waals surface area contributed by atoms with Gasteiger partial charge in [0.15, 0.2) is 5.78 Å². The minimum atomic E-state index is -0.387. The zero-order chi connectivity index (χ0) is 23.3. The lowest BCUT2D eigenvalue weighted by Crippen LogP contribution is -2.29. The van der Waals surface area contributed by atoms with Crippen molar-refractivity contribution in [2.24, 2.45) is 16.1 Å². The molecular formula is C25H33N3O2S. The Morgan fingerprint density at radius 3 is 2.39 bits per heavy atom. The maximum atomic E-state index is 12.7. The monoisotopic (exact) mass is 439 g/mol. The molecule has 0 saturated carbocycles. The van der Waals surface area contributed by atoms with Gasteiger partial charge in [0.2, 0.25) is 0 Å². The first-order chi connectivity index (χ1) is 14.5. The van der Waals surface area contributed by atoms with Gasteiger partial charge in [-0.2, -0.15) is 0 Å². The topological polar surface area (TPSA) is 102 Å². The van der Waals surface area contributed by atoms with Crippen LogP contribution in [-0.2, 0) is 4.79 Å². The number of anilines is 1. The standard InChI is InChI=1S/C19H19N3O2S.C6H14/c1-10-12-5-3-4-6-13(12)18(24)16(17(10)23)19(21)22-14-8-7-11(20)9-15(14)25-2;1-5-6(2,3)4/h3-10,24H,20H2,1-2H3,(H2,21,22);5H2,1-4H3.